The molecule has 1 aliphatic rings. The van der Waals surface area contributed by atoms with Crippen LogP contribution in [0.5, 0.6) is 0 Å². The van der Waals surface area contributed by atoms with Crippen LogP contribution < -0.4 is 5.32 Å². The highest BCUT2D eigenvalue weighted by molar-refractivity contribution is 5.87. The van der Waals surface area contributed by atoms with Crippen molar-refractivity contribution in [2.75, 3.05) is 19.8 Å². The Morgan fingerprint density at radius 2 is 2.13 bits per heavy atom. The largest absolute Gasteiger partial charge is 0.478 e. The summed E-state index contributed by atoms with van der Waals surface area (Å²) in [5.74, 6) is -0.894. The lowest BCUT2D eigenvalue weighted by Gasteiger charge is -2.24. The highest BCUT2D eigenvalue weighted by Crippen LogP contribution is 2.16. The molecule has 1 fully saturated rings. The Morgan fingerprint density at radius 1 is 1.40 bits per heavy atom. The first kappa shape index (κ1) is 10.1. The Kier molecular flexibility index (Phi) is 2.99. The molecule has 0 aliphatic carbocycles. The van der Waals surface area contributed by atoms with Crippen LogP contribution in [0.1, 0.15) is 22.0 Å². The van der Waals surface area contributed by atoms with Crippen LogP contribution in [0.25, 0.3) is 0 Å². The summed E-state index contributed by atoms with van der Waals surface area (Å²) < 4.78 is 5.34. The maximum absolute atomic E-state index is 10.6. The summed E-state index contributed by atoms with van der Waals surface area (Å²) in [5, 5.41) is 12.1. The molecule has 0 amide bonds. The molecule has 80 valence electrons. The molecule has 0 unspecified atom stereocenters. The Morgan fingerprint density at radius 3 is 2.67 bits per heavy atom. The number of carbonyl (C=O) groups is 1. The molecule has 1 saturated heterocycles. The lowest BCUT2D eigenvalue weighted by molar-refractivity contribution is 0.0696. The van der Waals surface area contributed by atoms with E-state index in [-0.39, 0.29) is 6.04 Å². The zero-order chi connectivity index (χ0) is 10.7. The van der Waals surface area contributed by atoms with E-state index in [1.54, 1.807) is 12.1 Å². The second-order valence-electron chi connectivity index (χ2n) is 3.51. The van der Waals surface area contributed by atoms with Crippen molar-refractivity contribution in [3.63, 3.8) is 0 Å². The molecule has 2 N–H and O–H groups in total. The summed E-state index contributed by atoms with van der Waals surface area (Å²) in [6.07, 6.45) is 0. The summed E-state index contributed by atoms with van der Waals surface area (Å²) in [4.78, 5) is 10.6. The Balaban J connectivity index is 2.11. The van der Waals surface area contributed by atoms with Gasteiger partial charge in [-0.05, 0) is 17.7 Å². The van der Waals surface area contributed by atoms with Gasteiger partial charge in [-0.3, -0.25) is 0 Å². The third-order valence-electron chi connectivity index (χ3n) is 2.48. The highest BCUT2D eigenvalue weighted by Gasteiger charge is 2.15. The van der Waals surface area contributed by atoms with Crippen LogP contribution in [0.4, 0.5) is 0 Å². The van der Waals surface area contributed by atoms with E-state index in [1.807, 2.05) is 12.1 Å². The number of aromatic carboxylic acids is 1. The molecule has 0 spiro atoms. The van der Waals surface area contributed by atoms with Gasteiger partial charge in [-0.15, -0.1) is 0 Å². The lowest BCUT2D eigenvalue weighted by Crippen LogP contribution is -2.34. The zero-order valence-electron chi connectivity index (χ0n) is 8.27. The van der Waals surface area contributed by atoms with Gasteiger partial charge >= 0.3 is 5.97 Å². The number of carboxylic acid groups (broad SMARTS) is 1. The molecular weight excluding hydrogens is 194 g/mol. The summed E-state index contributed by atoms with van der Waals surface area (Å²) in [5.41, 5.74) is 1.38. The third-order valence-corrected chi connectivity index (χ3v) is 2.48. The van der Waals surface area contributed by atoms with Crippen LogP contribution in [0.2, 0.25) is 0 Å². The summed E-state index contributed by atoms with van der Waals surface area (Å²) >= 11 is 0. The molecule has 1 aromatic rings. The monoisotopic (exact) mass is 207 g/mol. The van der Waals surface area contributed by atoms with Gasteiger partial charge in [0.25, 0.3) is 0 Å². The van der Waals surface area contributed by atoms with Crippen molar-refractivity contribution < 1.29 is 14.6 Å². The van der Waals surface area contributed by atoms with Crippen molar-refractivity contribution in [3.05, 3.63) is 35.4 Å². The van der Waals surface area contributed by atoms with Gasteiger partial charge in [0.15, 0.2) is 0 Å². The van der Waals surface area contributed by atoms with Crippen molar-refractivity contribution in [1.82, 2.24) is 5.32 Å². The van der Waals surface area contributed by atoms with Gasteiger partial charge in [-0.2, -0.15) is 0 Å². The molecule has 0 saturated carbocycles. The molecule has 1 aromatic carbocycles. The van der Waals surface area contributed by atoms with E-state index >= 15 is 0 Å². The molecule has 1 aliphatic heterocycles. The Labute approximate surface area is 87.9 Å². The van der Waals surface area contributed by atoms with Gasteiger partial charge in [0.2, 0.25) is 0 Å². The molecule has 0 bridgehead atoms. The number of benzene rings is 1. The van der Waals surface area contributed by atoms with Crippen molar-refractivity contribution in [1.29, 1.82) is 0 Å². The second kappa shape index (κ2) is 4.42. The fourth-order valence-corrected chi connectivity index (χ4v) is 1.64. The van der Waals surface area contributed by atoms with Crippen molar-refractivity contribution in [3.8, 4) is 0 Å². The first-order valence-corrected chi connectivity index (χ1v) is 4.92. The van der Waals surface area contributed by atoms with Crippen LogP contribution >= 0.6 is 0 Å². The average molecular weight is 207 g/mol. The van der Waals surface area contributed by atoms with Gasteiger partial charge in [-0.1, -0.05) is 12.1 Å². The lowest BCUT2D eigenvalue weighted by atomic mass is 10.0. The maximum Gasteiger partial charge on any atom is 0.335 e. The van der Waals surface area contributed by atoms with E-state index in [1.165, 1.54) is 0 Å². The number of hydrogen-bond donors (Lipinski definition) is 2. The van der Waals surface area contributed by atoms with Crippen LogP contribution in [-0.2, 0) is 4.74 Å². The normalized spacial score (nSPS) is 21.2. The van der Waals surface area contributed by atoms with E-state index in [9.17, 15) is 4.79 Å². The van der Waals surface area contributed by atoms with Gasteiger partial charge < -0.3 is 15.2 Å². The fraction of sp³-hybridized carbons (Fsp3) is 0.364. The fourth-order valence-electron chi connectivity index (χ4n) is 1.64. The topological polar surface area (TPSA) is 58.6 Å². The summed E-state index contributed by atoms with van der Waals surface area (Å²) in [6.45, 7) is 2.22. The molecule has 4 heteroatoms. The minimum atomic E-state index is -0.894. The molecular formula is C11H13NO3. The molecule has 15 heavy (non-hydrogen) atoms. The number of carboxylic acids is 1. The standard InChI is InChI=1S/C11H13NO3/c13-11(14)9-3-1-8(2-4-9)10-7-15-6-5-12-10/h1-4,10,12H,5-7H2,(H,13,14)/t10-/m0/s1. The van der Waals surface area contributed by atoms with Gasteiger partial charge in [0, 0.05) is 6.54 Å². The van der Waals surface area contributed by atoms with Crippen molar-refractivity contribution in [2.45, 2.75) is 6.04 Å². The molecule has 1 heterocycles. The number of ether oxygens (including phenoxy) is 1. The first-order valence-electron chi connectivity index (χ1n) is 4.92. The van der Waals surface area contributed by atoms with E-state index in [0.29, 0.717) is 12.2 Å². The quantitative estimate of drug-likeness (QED) is 0.761. The number of hydrogen-bond acceptors (Lipinski definition) is 3. The van der Waals surface area contributed by atoms with Crippen LogP contribution in [-0.4, -0.2) is 30.8 Å². The van der Waals surface area contributed by atoms with E-state index < -0.39 is 5.97 Å². The molecule has 2 rings (SSSR count). The SMILES string of the molecule is O=C(O)c1ccc([C@@H]2COCCN2)cc1. The predicted molar refractivity (Wildman–Crippen MR) is 55.0 cm³/mol. The van der Waals surface area contributed by atoms with Gasteiger partial charge in [0.05, 0.1) is 24.8 Å². The van der Waals surface area contributed by atoms with Crippen LogP contribution in [0.3, 0.4) is 0 Å². The first-order chi connectivity index (χ1) is 7.27. The Bertz CT molecular complexity index is 341. The average Bonchev–Trinajstić information content (AvgIpc) is 2.30. The van der Waals surface area contributed by atoms with Gasteiger partial charge in [0.1, 0.15) is 0 Å². The van der Waals surface area contributed by atoms with Crippen molar-refractivity contribution in [2.24, 2.45) is 0 Å². The Hall–Kier alpha value is -1.39. The third kappa shape index (κ3) is 2.34. The number of rotatable bonds is 2. The smallest absolute Gasteiger partial charge is 0.335 e. The number of nitrogens with one attached hydrogen (secondary N) is 1. The molecule has 4 nitrogen and oxygen atoms in total. The predicted octanol–water partition coefficient (Wildman–Crippen LogP) is 1.05. The zero-order valence-corrected chi connectivity index (χ0v) is 8.27. The highest BCUT2D eigenvalue weighted by atomic mass is 16.5. The van der Waals surface area contributed by atoms with Crippen molar-refractivity contribution >= 4 is 5.97 Å². The van der Waals surface area contributed by atoms with Crippen LogP contribution in [0, 0.1) is 0 Å². The molecule has 1 atom stereocenters. The number of morpholine rings is 1. The molecule has 0 radical (unpaired) electrons. The maximum atomic E-state index is 10.6. The van der Waals surface area contributed by atoms with Crippen LogP contribution in [0.15, 0.2) is 24.3 Å². The second-order valence-corrected chi connectivity index (χ2v) is 3.51. The van der Waals surface area contributed by atoms with Gasteiger partial charge in [-0.25, -0.2) is 4.79 Å². The van der Waals surface area contributed by atoms with E-state index in [0.717, 1.165) is 18.7 Å². The minimum absolute atomic E-state index is 0.182. The summed E-state index contributed by atoms with van der Waals surface area (Å²) in [7, 11) is 0. The van der Waals surface area contributed by atoms with E-state index in [4.69, 9.17) is 9.84 Å². The minimum Gasteiger partial charge on any atom is -0.478 e. The molecule has 0 aromatic heterocycles. The summed E-state index contributed by atoms with van der Waals surface area (Å²) in [6, 6.07) is 7.08. The van der Waals surface area contributed by atoms with E-state index in [2.05, 4.69) is 5.32 Å².